The van der Waals surface area contributed by atoms with Crippen molar-refractivity contribution in [3.05, 3.63) is 68.1 Å². The molecule has 0 bridgehead atoms. The number of aryl methyl sites for hydroxylation is 1. The smallest absolute Gasteiger partial charge is 0.358 e. The molecular weight excluding hydrogens is 407 g/mol. The number of rotatable bonds is 6. The fraction of sp³-hybridized carbons (Fsp3) is 0.235. The summed E-state index contributed by atoms with van der Waals surface area (Å²) in [5, 5.41) is 22.7. The number of nitrogens with one attached hydrogen (secondary N) is 1. The molecular formula is C17H16Cl2N6O3. The van der Waals surface area contributed by atoms with Crippen LogP contribution in [0.3, 0.4) is 0 Å². The van der Waals surface area contributed by atoms with Gasteiger partial charge >= 0.3 is 5.82 Å². The molecule has 0 aliphatic heterocycles. The molecule has 2 heterocycles. The predicted octanol–water partition coefficient (Wildman–Crippen LogP) is 3.85. The normalized spacial score (nSPS) is 12.0. The van der Waals surface area contributed by atoms with Crippen LogP contribution in [0.2, 0.25) is 10.0 Å². The quantitative estimate of drug-likeness (QED) is 0.479. The number of amides is 1. The number of carbonyl (C=O) groups excluding carboxylic acids is 1. The first-order chi connectivity index (χ1) is 13.3. The van der Waals surface area contributed by atoms with Gasteiger partial charge in [-0.25, -0.2) is 0 Å². The standard InChI is InChI=1S/C17H16Cl2N6O3/c1-10-6-16(25(27)28)22-24(10)11(2)17(26)21-12-7-20-23(8-12)9-13-14(18)4-3-5-15(13)19/h3-8,11H,9H2,1-2H3,(H,21,26). The molecule has 0 aliphatic rings. The summed E-state index contributed by atoms with van der Waals surface area (Å²) in [4.78, 5) is 22.7. The Bertz CT molecular complexity index is 1030. The van der Waals surface area contributed by atoms with E-state index in [4.69, 9.17) is 23.2 Å². The third-order valence-electron chi connectivity index (χ3n) is 4.13. The molecule has 0 saturated heterocycles. The van der Waals surface area contributed by atoms with Gasteiger partial charge in [-0.15, -0.1) is 0 Å². The zero-order valence-electron chi connectivity index (χ0n) is 15.0. The second-order valence-electron chi connectivity index (χ2n) is 6.14. The average Bonchev–Trinajstić information content (AvgIpc) is 3.24. The van der Waals surface area contributed by atoms with E-state index in [0.717, 1.165) is 5.56 Å². The molecule has 1 amide bonds. The number of carbonyl (C=O) groups is 1. The first-order valence-electron chi connectivity index (χ1n) is 8.23. The van der Waals surface area contributed by atoms with Crippen molar-refractivity contribution in [3.63, 3.8) is 0 Å². The Hall–Kier alpha value is -2.91. The van der Waals surface area contributed by atoms with Crippen LogP contribution < -0.4 is 5.32 Å². The Kier molecular flexibility index (Phi) is 5.66. The van der Waals surface area contributed by atoms with Crippen LogP contribution in [0.4, 0.5) is 11.5 Å². The van der Waals surface area contributed by atoms with Crippen LogP contribution in [0, 0.1) is 17.0 Å². The molecule has 3 rings (SSSR count). The lowest BCUT2D eigenvalue weighted by atomic mass is 10.2. The minimum Gasteiger partial charge on any atom is -0.358 e. The summed E-state index contributed by atoms with van der Waals surface area (Å²) in [6.07, 6.45) is 3.14. The van der Waals surface area contributed by atoms with Gasteiger partial charge in [-0.3, -0.25) is 9.48 Å². The number of hydrogen-bond acceptors (Lipinski definition) is 5. The molecule has 0 spiro atoms. The Labute approximate surface area is 170 Å². The maximum atomic E-state index is 12.5. The Balaban J connectivity index is 1.71. The van der Waals surface area contributed by atoms with Crippen molar-refractivity contribution in [1.29, 1.82) is 0 Å². The number of aromatic nitrogens is 4. The average molecular weight is 423 g/mol. The van der Waals surface area contributed by atoms with Crippen molar-refractivity contribution in [3.8, 4) is 0 Å². The van der Waals surface area contributed by atoms with Crippen LogP contribution in [-0.2, 0) is 11.3 Å². The van der Waals surface area contributed by atoms with Gasteiger partial charge in [0.1, 0.15) is 6.04 Å². The first-order valence-corrected chi connectivity index (χ1v) is 8.98. The van der Waals surface area contributed by atoms with Crippen LogP contribution in [0.15, 0.2) is 36.7 Å². The number of anilines is 1. The summed E-state index contributed by atoms with van der Waals surface area (Å²) < 4.78 is 2.90. The van der Waals surface area contributed by atoms with E-state index in [0.29, 0.717) is 28.0 Å². The second kappa shape index (κ2) is 7.99. The van der Waals surface area contributed by atoms with Gasteiger partial charge in [0.25, 0.3) is 5.91 Å². The van der Waals surface area contributed by atoms with E-state index in [2.05, 4.69) is 15.5 Å². The summed E-state index contributed by atoms with van der Waals surface area (Å²) in [6, 6.07) is 5.81. The van der Waals surface area contributed by atoms with Crippen LogP contribution in [0.25, 0.3) is 0 Å². The van der Waals surface area contributed by atoms with E-state index < -0.39 is 11.0 Å². The molecule has 0 radical (unpaired) electrons. The number of nitrogens with zero attached hydrogens (tertiary/aromatic N) is 5. The SMILES string of the molecule is Cc1cc([N+](=O)[O-])nn1C(C)C(=O)Nc1cnn(Cc2c(Cl)cccc2Cl)c1. The highest BCUT2D eigenvalue weighted by molar-refractivity contribution is 6.35. The predicted molar refractivity (Wildman–Crippen MR) is 105 cm³/mol. The van der Waals surface area contributed by atoms with E-state index in [-0.39, 0.29) is 11.7 Å². The van der Waals surface area contributed by atoms with Crippen molar-refractivity contribution in [1.82, 2.24) is 19.6 Å². The van der Waals surface area contributed by atoms with Gasteiger partial charge < -0.3 is 15.4 Å². The molecule has 11 heteroatoms. The monoisotopic (exact) mass is 422 g/mol. The summed E-state index contributed by atoms with van der Waals surface area (Å²) in [6.45, 7) is 3.59. The Morgan fingerprint density at radius 2 is 2.04 bits per heavy atom. The van der Waals surface area contributed by atoms with Gasteiger partial charge in [0.05, 0.1) is 35.3 Å². The van der Waals surface area contributed by atoms with E-state index in [1.807, 2.05) is 0 Å². The molecule has 0 saturated carbocycles. The molecule has 9 nitrogen and oxygen atoms in total. The lowest BCUT2D eigenvalue weighted by molar-refractivity contribution is -0.389. The molecule has 2 aromatic heterocycles. The number of hydrogen-bond donors (Lipinski definition) is 1. The topological polar surface area (TPSA) is 108 Å². The van der Waals surface area contributed by atoms with Gasteiger partial charge in [-0.05, 0) is 30.9 Å². The Morgan fingerprint density at radius 3 is 2.64 bits per heavy atom. The van der Waals surface area contributed by atoms with Crippen molar-refractivity contribution < 1.29 is 9.72 Å². The number of nitro groups is 1. The first kappa shape index (κ1) is 19.8. The third-order valence-corrected chi connectivity index (χ3v) is 4.83. The van der Waals surface area contributed by atoms with E-state index in [1.165, 1.54) is 16.9 Å². The molecule has 146 valence electrons. The molecule has 28 heavy (non-hydrogen) atoms. The van der Waals surface area contributed by atoms with Crippen molar-refractivity contribution >= 4 is 40.6 Å². The second-order valence-corrected chi connectivity index (χ2v) is 6.95. The minimum atomic E-state index is -0.741. The zero-order valence-corrected chi connectivity index (χ0v) is 16.5. The van der Waals surface area contributed by atoms with Gasteiger partial charge in [0.15, 0.2) is 0 Å². The zero-order chi connectivity index (χ0) is 20.4. The summed E-state index contributed by atoms with van der Waals surface area (Å²) in [5.74, 6) is -0.682. The summed E-state index contributed by atoms with van der Waals surface area (Å²) in [7, 11) is 0. The highest BCUT2D eigenvalue weighted by Gasteiger charge is 2.25. The van der Waals surface area contributed by atoms with Gasteiger partial charge in [0.2, 0.25) is 0 Å². The van der Waals surface area contributed by atoms with Crippen LogP contribution in [0.5, 0.6) is 0 Å². The lowest BCUT2D eigenvalue weighted by Gasteiger charge is -2.10. The van der Waals surface area contributed by atoms with Crippen LogP contribution in [-0.4, -0.2) is 30.4 Å². The largest absolute Gasteiger partial charge is 0.390 e. The molecule has 1 atom stereocenters. The molecule has 1 aromatic carbocycles. The summed E-state index contributed by atoms with van der Waals surface area (Å²) >= 11 is 12.3. The van der Waals surface area contributed by atoms with Crippen molar-refractivity contribution in [2.24, 2.45) is 0 Å². The van der Waals surface area contributed by atoms with E-state index in [1.54, 1.807) is 42.9 Å². The van der Waals surface area contributed by atoms with Gasteiger partial charge in [0, 0.05) is 21.8 Å². The maximum absolute atomic E-state index is 12.5. The minimum absolute atomic E-state index is 0.304. The van der Waals surface area contributed by atoms with Crippen molar-refractivity contribution in [2.75, 3.05) is 5.32 Å². The van der Waals surface area contributed by atoms with Gasteiger partial charge in [-0.2, -0.15) is 9.78 Å². The molecule has 0 fully saturated rings. The van der Waals surface area contributed by atoms with Crippen LogP contribution >= 0.6 is 23.2 Å². The van der Waals surface area contributed by atoms with E-state index in [9.17, 15) is 14.9 Å². The molecule has 0 aliphatic carbocycles. The highest BCUT2D eigenvalue weighted by atomic mass is 35.5. The summed E-state index contributed by atoms with van der Waals surface area (Å²) in [5.41, 5.74) is 1.71. The lowest BCUT2D eigenvalue weighted by Crippen LogP contribution is -2.25. The number of benzene rings is 1. The van der Waals surface area contributed by atoms with Crippen LogP contribution in [0.1, 0.15) is 24.2 Å². The van der Waals surface area contributed by atoms with E-state index >= 15 is 0 Å². The fourth-order valence-corrected chi connectivity index (χ4v) is 3.19. The maximum Gasteiger partial charge on any atom is 0.390 e. The molecule has 3 aromatic rings. The van der Waals surface area contributed by atoms with Crippen molar-refractivity contribution in [2.45, 2.75) is 26.4 Å². The number of halogens is 2. The van der Waals surface area contributed by atoms with Gasteiger partial charge in [-0.1, -0.05) is 29.3 Å². The highest BCUT2D eigenvalue weighted by Crippen LogP contribution is 2.25. The molecule has 1 N–H and O–H groups in total. The fourth-order valence-electron chi connectivity index (χ4n) is 2.67. The Morgan fingerprint density at radius 1 is 1.36 bits per heavy atom. The molecule has 1 unspecified atom stereocenters. The third kappa shape index (κ3) is 4.15.